The van der Waals surface area contributed by atoms with Crippen molar-refractivity contribution in [3.8, 4) is 11.5 Å². The molecule has 0 heterocycles. The van der Waals surface area contributed by atoms with Gasteiger partial charge >= 0.3 is 0 Å². The largest absolute Gasteiger partial charge is 0.494 e. The number of hydrogen-bond acceptors (Lipinski definition) is 4. The molecule has 2 aromatic rings. The van der Waals surface area contributed by atoms with Crippen LogP contribution in [0.4, 0.5) is 5.69 Å². The SMILES string of the molecule is CC(C)CCOc1ccc(C(=O)NC(=S)Nc2ccccc2OC(C)C)cc1. The zero-order valence-corrected chi connectivity index (χ0v) is 17.6. The van der Waals surface area contributed by atoms with Crippen molar-refractivity contribution in [1.82, 2.24) is 5.32 Å². The first kappa shape index (κ1) is 21.7. The van der Waals surface area contributed by atoms with Crippen LogP contribution in [-0.2, 0) is 0 Å². The fourth-order valence-corrected chi connectivity index (χ4v) is 2.57. The summed E-state index contributed by atoms with van der Waals surface area (Å²) in [5.74, 6) is 1.73. The standard InChI is InChI=1S/C22H28N2O3S/c1-15(2)13-14-26-18-11-9-17(10-12-18)21(25)24-22(28)23-19-7-5-6-8-20(19)27-16(3)4/h5-12,15-16H,13-14H2,1-4H3,(H2,23,24,25,28). The minimum atomic E-state index is -0.284. The summed E-state index contributed by atoms with van der Waals surface area (Å²) in [5, 5.41) is 5.91. The van der Waals surface area contributed by atoms with E-state index in [9.17, 15) is 4.79 Å². The van der Waals surface area contributed by atoms with E-state index in [1.165, 1.54) is 0 Å². The molecule has 150 valence electrons. The fourth-order valence-electron chi connectivity index (χ4n) is 2.37. The van der Waals surface area contributed by atoms with E-state index in [1.54, 1.807) is 24.3 Å². The molecule has 0 atom stereocenters. The number of anilines is 1. The molecule has 1 amide bonds. The van der Waals surface area contributed by atoms with Gasteiger partial charge in [-0.3, -0.25) is 10.1 Å². The molecule has 6 heteroatoms. The molecule has 0 bridgehead atoms. The molecule has 0 unspecified atom stereocenters. The molecule has 0 aliphatic carbocycles. The van der Waals surface area contributed by atoms with E-state index in [0.29, 0.717) is 29.5 Å². The highest BCUT2D eigenvalue weighted by Gasteiger charge is 2.11. The Morgan fingerprint density at radius 3 is 2.36 bits per heavy atom. The lowest BCUT2D eigenvalue weighted by Gasteiger charge is -2.16. The third-order valence-electron chi connectivity index (χ3n) is 3.81. The maximum atomic E-state index is 12.4. The van der Waals surface area contributed by atoms with Crippen molar-refractivity contribution in [3.63, 3.8) is 0 Å². The first-order valence-corrected chi connectivity index (χ1v) is 9.87. The number of ether oxygens (including phenoxy) is 2. The number of carbonyl (C=O) groups excluding carboxylic acids is 1. The van der Waals surface area contributed by atoms with Crippen LogP contribution < -0.4 is 20.1 Å². The normalized spacial score (nSPS) is 10.6. The van der Waals surface area contributed by atoms with Crippen molar-refractivity contribution >= 4 is 28.9 Å². The van der Waals surface area contributed by atoms with Crippen LogP contribution >= 0.6 is 12.2 Å². The Hall–Kier alpha value is -2.60. The van der Waals surface area contributed by atoms with Crippen molar-refractivity contribution in [1.29, 1.82) is 0 Å². The summed E-state index contributed by atoms with van der Waals surface area (Å²) in [5.41, 5.74) is 1.21. The summed E-state index contributed by atoms with van der Waals surface area (Å²) >= 11 is 5.27. The number of amides is 1. The lowest BCUT2D eigenvalue weighted by molar-refractivity contribution is 0.0977. The maximum Gasteiger partial charge on any atom is 0.257 e. The monoisotopic (exact) mass is 400 g/mol. The van der Waals surface area contributed by atoms with E-state index in [4.69, 9.17) is 21.7 Å². The van der Waals surface area contributed by atoms with Crippen molar-refractivity contribution in [3.05, 3.63) is 54.1 Å². The summed E-state index contributed by atoms with van der Waals surface area (Å²) < 4.78 is 11.4. The fraction of sp³-hybridized carbons (Fsp3) is 0.364. The Morgan fingerprint density at radius 1 is 1.04 bits per heavy atom. The molecule has 0 aliphatic heterocycles. The highest BCUT2D eigenvalue weighted by atomic mass is 32.1. The van der Waals surface area contributed by atoms with E-state index < -0.39 is 0 Å². The Labute approximate surface area is 172 Å². The number of para-hydroxylation sites is 2. The molecule has 0 saturated carbocycles. The van der Waals surface area contributed by atoms with Crippen LogP contribution in [0.15, 0.2) is 48.5 Å². The Bertz CT molecular complexity index is 789. The summed E-state index contributed by atoms with van der Waals surface area (Å²) in [6.45, 7) is 8.87. The van der Waals surface area contributed by atoms with Crippen LogP contribution in [0.3, 0.4) is 0 Å². The van der Waals surface area contributed by atoms with Gasteiger partial charge in [0.05, 0.1) is 18.4 Å². The second-order valence-electron chi connectivity index (χ2n) is 7.13. The number of rotatable bonds is 8. The van der Waals surface area contributed by atoms with Gasteiger partial charge in [-0.15, -0.1) is 0 Å². The van der Waals surface area contributed by atoms with Crippen molar-refractivity contribution in [2.45, 2.75) is 40.2 Å². The van der Waals surface area contributed by atoms with Crippen LogP contribution in [0, 0.1) is 5.92 Å². The highest BCUT2D eigenvalue weighted by molar-refractivity contribution is 7.80. The number of hydrogen-bond donors (Lipinski definition) is 2. The molecule has 5 nitrogen and oxygen atoms in total. The lowest BCUT2D eigenvalue weighted by atomic mass is 10.1. The molecule has 0 aliphatic rings. The van der Waals surface area contributed by atoms with Crippen LogP contribution in [0.5, 0.6) is 11.5 Å². The molecule has 2 aromatic carbocycles. The van der Waals surface area contributed by atoms with E-state index in [0.717, 1.165) is 12.2 Å². The minimum absolute atomic E-state index is 0.0346. The molecule has 0 radical (unpaired) electrons. The molecule has 0 aromatic heterocycles. The number of benzene rings is 2. The van der Waals surface area contributed by atoms with Gasteiger partial charge in [0.1, 0.15) is 11.5 Å². The summed E-state index contributed by atoms with van der Waals surface area (Å²) in [7, 11) is 0. The number of nitrogens with one attached hydrogen (secondary N) is 2. The number of carbonyl (C=O) groups is 1. The third kappa shape index (κ3) is 7.19. The van der Waals surface area contributed by atoms with Crippen molar-refractivity contribution < 1.29 is 14.3 Å². The van der Waals surface area contributed by atoms with Gasteiger partial charge in [0.25, 0.3) is 5.91 Å². The van der Waals surface area contributed by atoms with Crippen LogP contribution in [0.1, 0.15) is 44.5 Å². The maximum absolute atomic E-state index is 12.4. The molecule has 2 rings (SSSR count). The smallest absolute Gasteiger partial charge is 0.257 e. The summed E-state index contributed by atoms with van der Waals surface area (Å²) in [6.07, 6.45) is 1.02. The average Bonchev–Trinajstić information content (AvgIpc) is 2.63. The Morgan fingerprint density at radius 2 is 1.71 bits per heavy atom. The van der Waals surface area contributed by atoms with Gasteiger partial charge in [-0.25, -0.2) is 0 Å². The van der Waals surface area contributed by atoms with E-state index in [1.807, 2.05) is 38.1 Å². The van der Waals surface area contributed by atoms with Crippen molar-refractivity contribution in [2.24, 2.45) is 5.92 Å². The highest BCUT2D eigenvalue weighted by Crippen LogP contribution is 2.24. The first-order chi connectivity index (χ1) is 13.3. The lowest BCUT2D eigenvalue weighted by Crippen LogP contribution is -2.34. The molecule has 2 N–H and O–H groups in total. The Kier molecular flexibility index (Phi) is 8.26. The van der Waals surface area contributed by atoms with Crippen molar-refractivity contribution in [2.75, 3.05) is 11.9 Å². The molecule has 0 fully saturated rings. The minimum Gasteiger partial charge on any atom is -0.494 e. The van der Waals surface area contributed by atoms with Crippen LogP contribution in [-0.4, -0.2) is 23.7 Å². The molecule has 28 heavy (non-hydrogen) atoms. The quantitative estimate of drug-likeness (QED) is 0.609. The summed E-state index contributed by atoms with van der Waals surface area (Å²) in [4.78, 5) is 12.4. The predicted octanol–water partition coefficient (Wildman–Crippen LogP) is 5.03. The van der Waals surface area contributed by atoms with Gasteiger partial charge in [-0.2, -0.15) is 0 Å². The average molecular weight is 401 g/mol. The topological polar surface area (TPSA) is 59.6 Å². The van der Waals surface area contributed by atoms with Gasteiger partial charge in [-0.05, 0) is 74.8 Å². The van der Waals surface area contributed by atoms with Gasteiger partial charge in [0.2, 0.25) is 0 Å². The first-order valence-electron chi connectivity index (χ1n) is 9.46. The van der Waals surface area contributed by atoms with Crippen LogP contribution in [0.25, 0.3) is 0 Å². The van der Waals surface area contributed by atoms with E-state index in [2.05, 4.69) is 24.5 Å². The molecular formula is C22H28N2O3S. The second-order valence-corrected chi connectivity index (χ2v) is 7.53. The van der Waals surface area contributed by atoms with Gasteiger partial charge < -0.3 is 14.8 Å². The second kappa shape index (κ2) is 10.7. The zero-order chi connectivity index (χ0) is 20.5. The van der Waals surface area contributed by atoms with Crippen LogP contribution in [0.2, 0.25) is 0 Å². The third-order valence-corrected chi connectivity index (χ3v) is 4.01. The molecular weight excluding hydrogens is 372 g/mol. The Balaban J connectivity index is 1.91. The molecule has 0 spiro atoms. The molecule has 0 saturated heterocycles. The van der Waals surface area contributed by atoms with E-state index >= 15 is 0 Å². The zero-order valence-electron chi connectivity index (χ0n) is 16.8. The summed E-state index contributed by atoms with van der Waals surface area (Å²) in [6, 6.07) is 14.5. The van der Waals surface area contributed by atoms with E-state index in [-0.39, 0.29) is 17.1 Å². The van der Waals surface area contributed by atoms with Gasteiger partial charge in [0.15, 0.2) is 5.11 Å². The van der Waals surface area contributed by atoms with Gasteiger partial charge in [-0.1, -0.05) is 26.0 Å². The predicted molar refractivity (Wildman–Crippen MR) is 117 cm³/mol. The number of thiocarbonyl (C=S) groups is 1. The van der Waals surface area contributed by atoms with Gasteiger partial charge in [0, 0.05) is 5.56 Å².